The van der Waals surface area contributed by atoms with Crippen LogP contribution in [0.25, 0.3) is 0 Å². The van der Waals surface area contributed by atoms with Gasteiger partial charge in [0.1, 0.15) is 12.2 Å². The summed E-state index contributed by atoms with van der Waals surface area (Å²) in [7, 11) is 1.54. The molecule has 5 heteroatoms. The Labute approximate surface area is 147 Å². The van der Waals surface area contributed by atoms with Gasteiger partial charge in [0, 0.05) is 18.6 Å². The quantitative estimate of drug-likeness (QED) is 0.929. The van der Waals surface area contributed by atoms with E-state index in [-0.39, 0.29) is 18.1 Å². The molecule has 25 heavy (non-hydrogen) atoms. The SMILES string of the molecule is CO[C@H]1O[C@@H]2CO[C@@H](c3ccccc3)O[C@H]2[C@H](c2ccccc2)[C@H]1O. The number of aliphatic hydroxyl groups is 1. The van der Waals surface area contributed by atoms with Crippen molar-refractivity contribution in [2.45, 2.75) is 36.8 Å². The first-order chi connectivity index (χ1) is 12.3. The summed E-state index contributed by atoms with van der Waals surface area (Å²) in [6.45, 7) is 0.389. The largest absolute Gasteiger partial charge is 0.387 e. The van der Waals surface area contributed by atoms with Crippen molar-refractivity contribution in [3.05, 3.63) is 71.8 Å². The van der Waals surface area contributed by atoms with Crippen LogP contribution in [-0.2, 0) is 18.9 Å². The average molecular weight is 342 g/mol. The highest BCUT2D eigenvalue weighted by Crippen LogP contribution is 2.41. The van der Waals surface area contributed by atoms with Gasteiger partial charge < -0.3 is 24.1 Å². The van der Waals surface area contributed by atoms with Gasteiger partial charge in [-0.3, -0.25) is 0 Å². The molecule has 2 saturated heterocycles. The summed E-state index contributed by atoms with van der Waals surface area (Å²) in [5, 5.41) is 10.8. The molecule has 132 valence electrons. The van der Waals surface area contributed by atoms with Crippen LogP contribution in [0.4, 0.5) is 0 Å². The molecule has 0 bridgehead atoms. The van der Waals surface area contributed by atoms with Crippen LogP contribution in [0.5, 0.6) is 0 Å². The summed E-state index contributed by atoms with van der Waals surface area (Å²) >= 11 is 0. The van der Waals surface area contributed by atoms with Gasteiger partial charge in [-0.05, 0) is 5.56 Å². The molecule has 1 N–H and O–H groups in total. The van der Waals surface area contributed by atoms with Crippen LogP contribution in [-0.4, -0.2) is 43.4 Å². The zero-order valence-electron chi connectivity index (χ0n) is 14.0. The summed E-state index contributed by atoms with van der Waals surface area (Å²) in [5.41, 5.74) is 1.96. The minimum atomic E-state index is -0.817. The van der Waals surface area contributed by atoms with Crippen LogP contribution in [0.3, 0.4) is 0 Å². The van der Waals surface area contributed by atoms with E-state index in [1.165, 1.54) is 7.11 Å². The molecule has 2 fully saturated rings. The van der Waals surface area contributed by atoms with E-state index >= 15 is 0 Å². The smallest absolute Gasteiger partial charge is 0.184 e. The molecule has 0 aromatic heterocycles. The van der Waals surface area contributed by atoms with Crippen molar-refractivity contribution in [1.82, 2.24) is 0 Å². The van der Waals surface area contributed by atoms with Gasteiger partial charge in [0.05, 0.1) is 12.7 Å². The molecule has 2 aliphatic heterocycles. The van der Waals surface area contributed by atoms with Crippen molar-refractivity contribution < 1.29 is 24.1 Å². The summed E-state index contributed by atoms with van der Waals surface area (Å²) in [6.07, 6.45) is -2.60. The van der Waals surface area contributed by atoms with Crippen molar-refractivity contribution >= 4 is 0 Å². The summed E-state index contributed by atoms with van der Waals surface area (Å²) < 4.78 is 23.3. The summed E-state index contributed by atoms with van der Waals surface area (Å²) in [5.74, 6) is -0.250. The molecule has 0 amide bonds. The second-order valence-corrected chi connectivity index (χ2v) is 6.38. The number of hydrogen-bond donors (Lipinski definition) is 1. The van der Waals surface area contributed by atoms with Crippen molar-refractivity contribution in [1.29, 1.82) is 0 Å². The Hall–Kier alpha value is -1.76. The van der Waals surface area contributed by atoms with E-state index in [9.17, 15) is 5.11 Å². The van der Waals surface area contributed by atoms with Crippen LogP contribution in [0.1, 0.15) is 23.3 Å². The second kappa shape index (κ2) is 7.23. The van der Waals surface area contributed by atoms with E-state index in [1.54, 1.807) is 0 Å². The number of fused-ring (bicyclic) bond motifs is 1. The molecular formula is C20H22O5. The van der Waals surface area contributed by atoms with E-state index < -0.39 is 18.7 Å². The fraction of sp³-hybridized carbons (Fsp3) is 0.400. The number of ether oxygens (including phenoxy) is 4. The minimum absolute atomic E-state index is 0.250. The van der Waals surface area contributed by atoms with Crippen LogP contribution >= 0.6 is 0 Å². The van der Waals surface area contributed by atoms with Crippen molar-refractivity contribution in [3.8, 4) is 0 Å². The third kappa shape index (κ3) is 3.21. The third-order valence-corrected chi connectivity index (χ3v) is 4.86. The Bertz CT molecular complexity index is 677. The monoisotopic (exact) mass is 342 g/mol. The maximum atomic E-state index is 10.8. The first-order valence-electron chi connectivity index (χ1n) is 8.51. The zero-order chi connectivity index (χ0) is 17.2. The lowest BCUT2D eigenvalue weighted by Gasteiger charge is -2.48. The normalized spacial score (nSPS) is 35.1. The molecule has 6 atom stereocenters. The van der Waals surface area contributed by atoms with E-state index in [4.69, 9.17) is 18.9 Å². The Balaban J connectivity index is 1.64. The van der Waals surface area contributed by atoms with Crippen LogP contribution in [0.2, 0.25) is 0 Å². The van der Waals surface area contributed by atoms with Gasteiger partial charge in [-0.1, -0.05) is 60.7 Å². The Kier molecular flexibility index (Phi) is 4.83. The molecule has 0 unspecified atom stereocenters. The van der Waals surface area contributed by atoms with E-state index in [1.807, 2.05) is 60.7 Å². The Morgan fingerprint density at radius 2 is 1.56 bits per heavy atom. The van der Waals surface area contributed by atoms with Gasteiger partial charge >= 0.3 is 0 Å². The first kappa shape index (κ1) is 16.7. The number of benzene rings is 2. The molecule has 0 saturated carbocycles. The predicted molar refractivity (Wildman–Crippen MR) is 90.9 cm³/mol. The maximum absolute atomic E-state index is 10.8. The van der Waals surface area contributed by atoms with E-state index in [0.717, 1.165) is 11.1 Å². The van der Waals surface area contributed by atoms with Crippen molar-refractivity contribution in [3.63, 3.8) is 0 Å². The number of hydrogen-bond acceptors (Lipinski definition) is 5. The van der Waals surface area contributed by atoms with E-state index in [2.05, 4.69) is 0 Å². The topological polar surface area (TPSA) is 57.2 Å². The average Bonchev–Trinajstić information content (AvgIpc) is 2.68. The van der Waals surface area contributed by atoms with Gasteiger partial charge in [-0.2, -0.15) is 0 Å². The Morgan fingerprint density at radius 3 is 2.20 bits per heavy atom. The lowest BCUT2D eigenvalue weighted by Crippen LogP contribution is -2.58. The Morgan fingerprint density at radius 1 is 0.920 bits per heavy atom. The maximum Gasteiger partial charge on any atom is 0.184 e. The summed E-state index contributed by atoms with van der Waals surface area (Å²) in [4.78, 5) is 0. The van der Waals surface area contributed by atoms with Crippen molar-refractivity contribution in [2.24, 2.45) is 0 Å². The second-order valence-electron chi connectivity index (χ2n) is 6.38. The highest BCUT2D eigenvalue weighted by Gasteiger charge is 2.50. The molecule has 4 rings (SSSR count). The van der Waals surface area contributed by atoms with Crippen molar-refractivity contribution in [2.75, 3.05) is 13.7 Å². The van der Waals surface area contributed by atoms with Gasteiger partial charge in [-0.15, -0.1) is 0 Å². The molecule has 2 heterocycles. The molecule has 2 aromatic rings. The van der Waals surface area contributed by atoms with Gasteiger partial charge in [-0.25, -0.2) is 0 Å². The lowest BCUT2D eigenvalue weighted by molar-refractivity contribution is -0.339. The molecule has 2 aromatic carbocycles. The highest BCUT2D eigenvalue weighted by atomic mass is 16.7. The number of rotatable bonds is 3. The van der Waals surface area contributed by atoms with Crippen LogP contribution in [0, 0.1) is 0 Å². The standard InChI is InChI=1S/C20H22O5/c1-22-20-17(21)16(13-8-4-2-5-9-13)18-15(24-20)12-23-19(25-18)14-10-6-3-7-11-14/h2-11,15-21H,12H2,1H3/t15-,16-,17-,18-,19-,20+/m1/s1. The fourth-order valence-electron chi connectivity index (χ4n) is 3.64. The van der Waals surface area contributed by atoms with Crippen LogP contribution in [0.15, 0.2) is 60.7 Å². The first-order valence-corrected chi connectivity index (χ1v) is 8.51. The molecule has 0 spiro atoms. The molecule has 2 aliphatic rings. The van der Waals surface area contributed by atoms with Gasteiger partial charge in [0.15, 0.2) is 12.6 Å². The molecular weight excluding hydrogens is 320 g/mol. The zero-order valence-corrected chi connectivity index (χ0v) is 14.0. The van der Waals surface area contributed by atoms with E-state index in [0.29, 0.717) is 6.61 Å². The lowest BCUT2D eigenvalue weighted by atomic mass is 9.82. The molecule has 0 radical (unpaired) electrons. The highest BCUT2D eigenvalue weighted by molar-refractivity contribution is 5.25. The molecule has 0 aliphatic carbocycles. The predicted octanol–water partition coefficient (Wildman–Crippen LogP) is 2.62. The van der Waals surface area contributed by atoms with Gasteiger partial charge in [0.25, 0.3) is 0 Å². The number of aliphatic hydroxyl groups excluding tert-OH is 1. The fourth-order valence-corrected chi connectivity index (χ4v) is 3.64. The minimum Gasteiger partial charge on any atom is -0.387 e. The molecule has 5 nitrogen and oxygen atoms in total. The third-order valence-electron chi connectivity index (χ3n) is 4.86. The van der Waals surface area contributed by atoms with Gasteiger partial charge in [0.2, 0.25) is 0 Å². The number of methoxy groups -OCH3 is 1. The van der Waals surface area contributed by atoms with Crippen LogP contribution < -0.4 is 0 Å². The summed E-state index contributed by atoms with van der Waals surface area (Å²) in [6, 6.07) is 19.7.